The number of carbonyl (C=O) groups excluding carboxylic acids is 2. The fourth-order valence-electron chi connectivity index (χ4n) is 4.16. The van der Waals surface area contributed by atoms with Crippen LogP contribution in [0.1, 0.15) is 18.9 Å². The average Bonchev–Trinajstić information content (AvgIpc) is 2.91. The maximum absolute atomic E-state index is 13.1. The van der Waals surface area contributed by atoms with Crippen molar-refractivity contribution in [1.82, 2.24) is 4.90 Å². The van der Waals surface area contributed by atoms with Gasteiger partial charge >= 0.3 is 0 Å². The number of fused-ring (bicyclic) bond motifs is 1. The third kappa shape index (κ3) is 3.30. The Morgan fingerprint density at radius 1 is 1.00 bits per heavy atom. The lowest BCUT2D eigenvalue weighted by atomic mass is 9.90. The summed E-state index contributed by atoms with van der Waals surface area (Å²) in [7, 11) is 0. The molecule has 0 saturated carbocycles. The largest absolute Gasteiger partial charge is 0.375 e. The van der Waals surface area contributed by atoms with Gasteiger partial charge in [0.05, 0.1) is 12.4 Å². The van der Waals surface area contributed by atoms with Gasteiger partial charge in [0, 0.05) is 43.9 Å². The number of benzene rings is 2. The van der Waals surface area contributed by atoms with Crippen LogP contribution in [0.15, 0.2) is 54.6 Å². The van der Waals surface area contributed by atoms with Crippen molar-refractivity contribution < 1.29 is 14.7 Å². The van der Waals surface area contributed by atoms with Gasteiger partial charge in [0.1, 0.15) is 5.78 Å². The first-order valence-corrected chi connectivity index (χ1v) is 9.65. The van der Waals surface area contributed by atoms with Gasteiger partial charge in [-0.1, -0.05) is 36.4 Å². The summed E-state index contributed by atoms with van der Waals surface area (Å²) in [6, 6.07) is 17.5. The molecule has 1 saturated heterocycles. The van der Waals surface area contributed by atoms with Gasteiger partial charge in [-0.3, -0.25) is 19.4 Å². The first-order valence-electron chi connectivity index (χ1n) is 9.65. The Balaban J connectivity index is 1.48. The van der Waals surface area contributed by atoms with Crippen LogP contribution in [0.4, 0.5) is 11.4 Å². The molecule has 0 aliphatic carbocycles. The number of hydrogen-bond donors (Lipinski definition) is 1. The third-order valence-corrected chi connectivity index (χ3v) is 5.58. The van der Waals surface area contributed by atoms with Gasteiger partial charge in [-0.15, -0.1) is 0 Å². The Labute approximate surface area is 165 Å². The maximum Gasteiger partial charge on any atom is 0.265 e. The highest BCUT2D eigenvalue weighted by Gasteiger charge is 2.50. The molecule has 1 amide bonds. The topological polar surface area (TPSA) is 64.1 Å². The molecule has 2 aliphatic heterocycles. The Hall–Kier alpha value is -2.70. The Bertz CT molecular complexity index is 878. The molecule has 6 heteroatoms. The van der Waals surface area contributed by atoms with Crippen LogP contribution in [0.25, 0.3) is 0 Å². The summed E-state index contributed by atoms with van der Waals surface area (Å²) in [4.78, 5) is 30.9. The number of nitrogens with zero attached hydrogens (tertiary/aromatic N) is 3. The SMILES string of the molecule is CC(=O)C[C@@]1(O)C(=O)N(CN2CCN(c3ccccc3)CC2)c2ccccc21. The number of hydrogen-bond acceptors (Lipinski definition) is 5. The van der Waals surface area contributed by atoms with Gasteiger partial charge in [0.15, 0.2) is 5.60 Å². The smallest absolute Gasteiger partial charge is 0.265 e. The fraction of sp³-hybridized carbons (Fsp3) is 0.364. The average molecular weight is 379 g/mol. The van der Waals surface area contributed by atoms with Crippen LogP contribution in [-0.2, 0) is 15.2 Å². The molecular weight excluding hydrogens is 354 g/mol. The lowest BCUT2D eigenvalue weighted by Crippen LogP contribution is -2.52. The van der Waals surface area contributed by atoms with E-state index < -0.39 is 11.5 Å². The molecule has 6 nitrogen and oxygen atoms in total. The first-order chi connectivity index (χ1) is 13.5. The molecule has 4 rings (SSSR count). The van der Waals surface area contributed by atoms with Crippen LogP contribution in [0.5, 0.6) is 0 Å². The van der Waals surface area contributed by atoms with Crippen molar-refractivity contribution in [3.8, 4) is 0 Å². The second-order valence-corrected chi connectivity index (χ2v) is 7.57. The van der Waals surface area contributed by atoms with Gasteiger partial charge in [0.25, 0.3) is 5.91 Å². The molecule has 2 aromatic carbocycles. The van der Waals surface area contributed by atoms with Gasteiger partial charge in [-0.25, -0.2) is 0 Å². The summed E-state index contributed by atoms with van der Waals surface area (Å²) < 4.78 is 0. The van der Waals surface area contributed by atoms with E-state index in [0.29, 0.717) is 17.9 Å². The summed E-state index contributed by atoms with van der Waals surface area (Å²) in [5, 5.41) is 11.0. The normalized spacial score (nSPS) is 22.4. The van der Waals surface area contributed by atoms with E-state index in [1.807, 2.05) is 30.3 Å². The molecule has 0 bridgehead atoms. The minimum atomic E-state index is -1.76. The minimum absolute atomic E-state index is 0.193. The number of amides is 1. The molecule has 1 N–H and O–H groups in total. The predicted molar refractivity (Wildman–Crippen MR) is 108 cm³/mol. The molecule has 0 spiro atoms. The second-order valence-electron chi connectivity index (χ2n) is 7.57. The highest BCUT2D eigenvalue weighted by Crippen LogP contribution is 2.42. The molecule has 0 unspecified atom stereocenters. The molecule has 2 aromatic rings. The zero-order valence-electron chi connectivity index (χ0n) is 16.0. The number of piperazine rings is 1. The van der Waals surface area contributed by atoms with Gasteiger partial charge in [0.2, 0.25) is 0 Å². The van der Waals surface area contributed by atoms with E-state index >= 15 is 0 Å². The third-order valence-electron chi connectivity index (χ3n) is 5.58. The number of anilines is 2. The highest BCUT2D eigenvalue weighted by molar-refractivity contribution is 6.08. The number of para-hydroxylation sites is 2. The molecule has 0 radical (unpaired) electrons. The van der Waals surface area contributed by atoms with Crippen LogP contribution < -0.4 is 9.80 Å². The zero-order valence-corrected chi connectivity index (χ0v) is 16.0. The van der Waals surface area contributed by atoms with Gasteiger partial charge in [-0.2, -0.15) is 0 Å². The van der Waals surface area contributed by atoms with Crippen LogP contribution in [0.2, 0.25) is 0 Å². The lowest BCUT2D eigenvalue weighted by Gasteiger charge is -2.38. The molecule has 28 heavy (non-hydrogen) atoms. The number of aliphatic hydroxyl groups is 1. The predicted octanol–water partition coefficient (Wildman–Crippen LogP) is 1.98. The van der Waals surface area contributed by atoms with Crippen molar-refractivity contribution in [3.63, 3.8) is 0 Å². The quantitative estimate of drug-likeness (QED) is 0.861. The van der Waals surface area contributed by atoms with E-state index in [2.05, 4.69) is 21.9 Å². The minimum Gasteiger partial charge on any atom is -0.375 e. The maximum atomic E-state index is 13.1. The van der Waals surface area contributed by atoms with E-state index in [0.717, 1.165) is 26.2 Å². The summed E-state index contributed by atoms with van der Waals surface area (Å²) in [5.41, 5.74) is 0.675. The van der Waals surface area contributed by atoms with E-state index in [4.69, 9.17) is 0 Å². The molecule has 1 fully saturated rings. The Morgan fingerprint density at radius 2 is 1.64 bits per heavy atom. The molecule has 2 heterocycles. The molecule has 146 valence electrons. The Morgan fingerprint density at radius 3 is 2.32 bits per heavy atom. The van der Waals surface area contributed by atoms with Gasteiger partial charge in [-0.05, 0) is 25.1 Å². The second kappa shape index (κ2) is 7.37. The molecular formula is C22H25N3O3. The number of rotatable bonds is 5. The van der Waals surface area contributed by atoms with Crippen molar-refractivity contribution in [2.75, 3.05) is 42.6 Å². The highest BCUT2D eigenvalue weighted by atomic mass is 16.3. The van der Waals surface area contributed by atoms with Crippen molar-refractivity contribution in [2.45, 2.75) is 18.9 Å². The molecule has 2 aliphatic rings. The molecule has 0 aromatic heterocycles. The van der Waals surface area contributed by atoms with Crippen molar-refractivity contribution in [2.24, 2.45) is 0 Å². The standard InChI is InChI=1S/C22H25N3O3/c1-17(26)15-22(28)19-9-5-6-10-20(19)25(21(22)27)16-23-11-13-24(14-12-23)18-7-3-2-4-8-18/h2-10,28H,11-16H2,1H3/t22-/m0/s1. The number of carbonyl (C=O) groups is 2. The van der Waals surface area contributed by atoms with E-state index in [1.165, 1.54) is 12.6 Å². The summed E-state index contributed by atoms with van der Waals surface area (Å²) in [5.74, 6) is -0.613. The van der Waals surface area contributed by atoms with Crippen molar-refractivity contribution in [1.29, 1.82) is 0 Å². The zero-order chi connectivity index (χ0) is 19.7. The number of ketones is 1. The van der Waals surface area contributed by atoms with Crippen LogP contribution in [0, 0.1) is 0 Å². The van der Waals surface area contributed by atoms with Crippen LogP contribution in [-0.4, -0.2) is 54.5 Å². The van der Waals surface area contributed by atoms with E-state index in [-0.39, 0.29) is 12.2 Å². The van der Waals surface area contributed by atoms with Crippen molar-refractivity contribution in [3.05, 3.63) is 60.2 Å². The Kier molecular flexibility index (Phi) is 4.91. The van der Waals surface area contributed by atoms with E-state index in [1.54, 1.807) is 17.0 Å². The monoisotopic (exact) mass is 379 g/mol. The van der Waals surface area contributed by atoms with Crippen LogP contribution in [0.3, 0.4) is 0 Å². The van der Waals surface area contributed by atoms with E-state index in [9.17, 15) is 14.7 Å². The molecule has 1 atom stereocenters. The van der Waals surface area contributed by atoms with Crippen LogP contribution >= 0.6 is 0 Å². The van der Waals surface area contributed by atoms with Crippen molar-refractivity contribution >= 4 is 23.1 Å². The fourth-order valence-corrected chi connectivity index (χ4v) is 4.16. The van der Waals surface area contributed by atoms with Gasteiger partial charge < -0.3 is 10.0 Å². The first kappa shape index (κ1) is 18.7. The summed E-state index contributed by atoms with van der Waals surface area (Å²) >= 11 is 0. The lowest BCUT2D eigenvalue weighted by molar-refractivity contribution is -0.141. The summed E-state index contributed by atoms with van der Waals surface area (Å²) in [6.07, 6.45) is -0.193. The number of Topliss-reactive ketones (excluding diaryl/α,β-unsaturated/α-hetero) is 1. The summed E-state index contributed by atoms with van der Waals surface area (Å²) in [6.45, 7) is 5.23.